The smallest absolute Gasteiger partial charge is 0.445 e. The van der Waals surface area contributed by atoms with Gasteiger partial charge in [-0.3, -0.25) is 0 Å². The zero-order valence-corrected chi connectivity index (χ0v) is 10.1. The average molecular weight is 279 g/mol. The van der Waals surface area contributed by atoms with Crippen molar-refractivity contribution in [3.05, 3.63) is 28.8 Å². The summed E-state index contributed by atoms with van der Waals surface area (Å²) in [4.78, 5) is 0. The summed E-state index contributed by atoms with van der Waals surface area (Å²) in [5.41, 5.74) is -1.72. The summed E-state index contributed by atoms with van der Waals surface area (Å²) in [6.07, 6.45) is 4.99. The fourth-order valence-corrected chi connectivity index (χ4v) is 2.23. The van der Waals surface area contributed by atoms with Crippen LogP contribution in [0.5, 0.6) is 0 Å². The molecule has 0 saturated heterocycles. The van der Waals surface area contributed by atoms with E-state index in [1.807, 2.05) is 5.92 Å². The molecule has 0 aliphatic carbocycles. The Kier molecular flexibility index (Phi) is 3.76. The Morgan fingerprint density at radius 3 is 2.28 bits per heavy atom. The van der Waals surface area contributed by atoms with Gasteiger partial charge in [0.2, 0.25) is 0 Å². The van der Waals surface area contributed by atoms with Gasteiger partial charge in [0, 0.05) is 5.56 Å². The van der Waals surface area contributed by atoms with Crippen molar-refractivity contribution in [2.75, 3.05) is 0 Å². The molecule has 8 heteroatoms. The maximum absolute atomic E-state index is 12.7. The van der Waals surface area contributed by atoms with E-state index < -0.39 is 28.4 Å². The van der Waals surface area contributed by atoms with E-state index in [0.29, 0.717) is 0 Å². The van der Waals surface area contributed by atoms with Gasteiger partial charge >= 0.3 is 17.2 Å². The molecule has 0 bridgehead atoms. The van der Waals surface area contributed by atoms with Crippen molar-refractivity contribution >= 4 is 22.7 Å². The van der Waals surface area contributed by atoms with E-state index in [1.54, 1.807) is 0 Å². The number of halogens is 4. The lowest BCUT2D eigenvalue weighted by molar-refractivity contribution is 0.500. The molecule has 18 heavy (non-hydrogen) atoms. The monoisotopic (exact) mass is 279 g/mol. The Morgan fingerprint density at radius 2 is 1.89 bits per heavy atom. The van der Waals surface area contributed by atoms with Crippen LogP contribution >= 0.6 is 0 Å². The Hall–Kier alpha value is -1.49. The Bertz CT molecular complexity index is 614. The van der Waals surface area contributed by atoms with Gasteiger partial charge in [0.05, 0.1) is 0 Å². The van der Waals surface area contributed by atoms with E-state index in [1.165, 1.54) is 0 Å². The summed E-state index contributed by atoms with van der Waals surface area (Å²) in [5, 5.41) is 0. The molecule has 0 saturated carbocycles. The van der Waals surface area contributed by atoms with Crippen LogP contribution in [0.2, 0.25) is 0 Å². The van der Waals surface area contributed by atoms with Crippen LogP contribution < -0.4 is 5.46 Å². The predicted molar refractivity (Wildman–Crippen MR) is 61.6 cm³/mol. The topological polar surface area (TPSA) is 34.1 Å². The minimum absolute atomic E-state index is 0.131. The fraction of sp³-hybridized carbons (Fsp3) is 0.200. The highest BCUT2D eigenvalue weighted by atomic mass is 32.3. The second kappa shape index (κ2) is 4.65. The molecule has 0 unspecified atom stereocenters. The van der Waals surface area contributed by atoms with Crippen LogP contribution in [0.1, 0.15) is 16.7 Å². The summed E-state index contributed by atoms with van der Waals surface area (Å²) in [6, 6.07) is 1.82. The van der Waals surface area contributed by atoms with Gasteiger partial charge in [-0.1, -0.05) is 17.6 Å². The molecule has 0 spiro atoms. The number of benzene rings is 1. The van der Waals surface area contributed by atoms with Gasteiger partial charge in [0.25, 0.3) is 0 Å². The first-order chi connectivity index (χ1) is 8.04. The molecule has 2 nitrogen and oxygen atoms in total. The molecule has 1 aromatic rings. The average Bonchev–Trinajstić information content (AvgIpc) is 2.17. The van der Waals surface area contributed by atoms with Crippen LogP contribution in [0.25, 0.3) is 0 Å². The summed E-state index contributed by atoms with van der Waals surface area (Å²) < 4.78 is 71.8. The van der Waals surface area contributed by atoms with Crippen molar-refractivity contribution in [2.24, 2.45) is 0 Å². The SMILES string of the molecule is C#Cc1cc(CS(=O)(=O)F)c(C)c([B-](F)(F)F)c1. The van der Waals surface area contributed by atoms with E-state index in [9.17, 15) is 25.3 Å². The first-order valence-corrected chi connectivity index (χ1v) is 6.32. The highest BCUT2D eigenvalue weighted by Crippen LogP contribution is 2.19. The van der Waals surface area contributed by atoms with Gasteiger partial charge in [0.15, 0.2) is 0 Å². The van der Waals surface area contributed by atoms with E-state index in [-0.39, 0.29) is 16.7 Å². The lowest BCUT2D eigenvalue weighted by atomic mass is 9.75. The molecule has 0 heterocycles. The highest BCUT2D eigenvalue weighted by Gasteiger charge is 2.29. The third kappa shape index (κ3) is 3.50. The molecule has 0 aliphatic heterocycles. The largest absolute Gasteiger partial charge is 0.509 e. The molecule has 0 fully saturated rings. The van der Waals surface area contributed by atoms with Crippen LogP contribution in [0, 0.1) is 19.3 Å². The molecule has 1 aromatic carbocycles. The third-order valence-electron chi connectivity index (χ3n) is 2.40. The maximum Gasteiger partial charge on any atom is 0.509 e. The Labute approximate surface area is 102 Å². The minimum Gasteiger partial charge on any atom is -0.445 e. The molecular weight excluding hydrogens is 271 g/mol. The lowest BCUT2D eigenvalue weighted by Crippen LogP contribution is -2.37. The Balaban J connectivity index is 3.50. The molecule has 0 aromatic heterocycles. The molecule has 0 aliphatic rings. The Morgan fingerprint density at radius 1 is 1.33 bits per heavy atom. The maximum atomic E-state index is 12.7. The first kappa shape index (κ1) is 14.6. The summed E-state index contributed by atoms with van der Waals surface area (Å²) in [5.74, 6) is 0.868. The fourth-order valence-electron chi connectivity index (χ4n) is 1.56. The predicted octanol–water partition coefficient (Wildman–Crippen LogP) is 1.83. The number of hydrogen-bond acceptors (Lipinski definition) is 2. The zero-order valence-electron chi connectivity index (χ0n) is 9.25. The lowest BCUT2D eigenvalue weighted by Gasteiger charge is -2.20. The van der Waals surface area contributed by atoms with E-state index in [0.717, 1.165) is 19.1 Å². The number of terminal acetylenes is 1. The van der Waals surface area contributed by atoms with Crippen molar-refractivity contribution < 1.29 is 25.3 Å². The normalized spacial score (nSPS) is 12.2. The zero-order chi connectivity index (χ0) is 14.1. The van der Waals surface area contributed by atoms with Gasteiger partial charge in [-0.2, -0.15) is 8.42 Å². The molecular formula is C10H8BF4O2S-. The van der Waals surface area contributed by atoms with Crippen molar-refractivity contribution in [2.45, 2.75) is 12.7 Å². The molecule has 0 amide bonds. The molecule has 0 N–H and O–H groups in total. The quantitative estimate of drug-likeness (QED) is 0.366. The van der Waals surface area contributed by atoms with Crippen LogP contribution in [0.4, 0.5) is 16.8 Å². The second-order valence-corrected chi connectivity index (χ2v) is 5.12. The van der Waals surface area contributed by atoms with Crippen molar-refractivity contribution in [3.63, 3.8) is 0 Å². The van der Waals surface area contributed by atoms with E-state index >= 15 is 0 Å². The van der Waals surface area contributed by atoms with Crippen molar-refractivity contribution in [1.29, 1.82) is 0 Å². The molecule has 98 valence electrons. The molecule has 0 atom stereocenters. The standard InChI is InChI=1S/C10H8BF4O2S/c1-3-8-4-9(6-18(15,16)17)7(2)10(5-8)11(12,13)14/h1,4-5H,6H2,2H3/q-1. The summed E-state index contributed by atoms with van der Waals surface area (Å²) in [7, 11) is -4.92. The van der Waals surface area contributed by atoms with Gasteiger partial charge in [0.1, 0.15) is 5.75 Å². The van der Waals surface area contributed by atoms with Gasteiger partial charge in [-0.25, -0.2) is 0 Å². The minimum atomic E-state index is -5.34. The van der Waals surface area contributed by atoms with Gasteiger partial charge in [-0.05, 0) is 18.6 Å². The highest BCUT2D eigenvalue weighted by molar-refractivity contribution is 7.85. The number of rotatable bonds is 3. The first-order valence-electron chi connectivity index (χ1n) is 4.77. The van der Waals surface area contributed by atoms with Crippen LogP contribution in [0.15, 0.2) is 12.1 Å². The molecule has 0 radical (unpaired) electrons. The summed E-state index contributed by atoms with van der Waals surface area (Å²) in [6.45, 7) is -4.25. The number of hydrogen-bond donors (Lipinski definition) is 0. The van der Waals surface area contributed by atoms with Crippen LogP contribution in [-0.4, -0.2) is 15.4 Å². The van der Waals surface area contributed by atoms with E-state index in [2.05, 4.69) is 0 Å². The molecule has 1 rings (SSSR count). The third-order valence-corrected chi connectivity index (χ3v) is 3.06. The van der Waals surface area contributed by atoms with Crippen LogP contribution in [0.3, 0.4) is 0 Å². The van der Waals surface area contributed by atoms with E-state index in [4.69, 9.17) is 6.42 Å². The van der Waals surface area contributed by atoms with Crippen molar-refractivity contribution in [3.8, 4) is 12.3 Å². The second-order valence-electron chi connectivity index (χ2n) is 3.75. The van der Waals surface area contributed by atoms with Gasteiger partial charge in [-0.15, -0.1) is 15.8 Å². The van der Waals surface area contributed by atoms with Gasteiger partial charge < -0.3 is 12.9 Å². The van der Waals surface area contributed by atoms with Crippen LogP contribution in [-0.2, 0) is 16.0 Å². The summed E-state index contributed by atoms with van der Waals surface area (Å²) >= 11 is 0. The van der Waals surface area contributed by atoms with Crippen molar-refractivity contribution in [1.82, 2.24) is 0 Å².